The van der Waals surface area contributed by atoms with Gasteiger partial charge in [0.1, 0.15) is 0 Å². The van der Waals surface area contributed by atoms with Gasteiger partial charge in [0.25, 0.3) is 0 Å². The van der Waals surface area contributed by atoms with Crippen molar-refractivity contribution < 1.29 is 9.59 Å². The third-order valence-electron chi connectivity index (χ3n) is 5.97. The SMILES string of the molecule is CCc1ccc(C(CNC(=O)C2CCN(C(=O)C3CC3)CC2)N(C)C)cc1. The van der Waals surface area contributed by atoms with Crippen molar-refractivity contribution in [3.63, 3.8) is 0 Å². The van der Waals surface area contributed by atoms with Crippen molar-refractivity contribution in [2.75, 3.05) is 33.7 Å². The molecule has 1 heterocycles. The monoisotopic (exact) mass is 371 g/mol. The zero-order valence-electron chi connectivity index (χ0n) is 16.9. The molecular weight excluding hydrogens is 338 g/mol. The van der Waals surface area contributed by atoms with Crippen LogP contribution >= 0.6 is 0 Å². The molecular formula is C22H33N3O2. The van der Waals surface area contributed by atoms with E-state index >= 15 is 0 Å². The first-order valence-corrected chi connectivity index (χ1v) is 10.3. The summed E-state index contributed by atoms with van der Waals surface area (Å²) in [6.45, 7) is 4.21. The van der Waals surface area contributed by atoms with Crippen LogP contribution in [0.5, 0.6) is 0 Å². The molecule has 1 aromatic carbocycles. The lowest BCUT2D eigenvalue weighted by molar-refractivity contribution is -0.136. The van der Waals surface area contributed by atoms with Crippen LogP contribution in [0.4, 0.5) is 0 Å². The second-order valence-corrected chi connectivity index (χ2v) is 8.19. The largest absolute Gasteiger partial charge is 0.354 e. The lowest BCUT2D eigenvalue weighted by Gasteiger charge is -2.32. The Labute approximate surface area is 163 Å². The lowest BCUT2D eigenvalue weighted by atomic mass is 9.95. The van der Waals surface area contributed by atoms with Gasteiger partial charge in [-0.05, 0) is 57.3 Å². The minimum atomic E-state index is 0.0264. The summed E-state index contributed by atoms with van der Waals surface area (Å²) in [4.78, 5) is 28.9. The number of nitrogens with one attached hydrogen (secondary N) is 1. The summed E-state index contributed by atoms with van der Waals surface area (Å²) in [5.41, 5.74) is 2.55. The van der Waals surface area contributed by atoms with Crippen molar-refractivity contribution in [1.29, 1.82) is 0 Å². The molecule has 1 aliphatic carbocycles. The van der Waals surface area contributed by atoms with Gasteiger partial charge in [-0.2, -0.15) is 0 Å². The van der Waals surface area contributed by atoms with E-state index in [1.807, 2.05) is 19.0 Å². The second kappa shape index (κ2) is 8.87. The normalized spacial score (nSPS) is 19.2. The first kappa shape index (κ1) is 19.9. The minimum absolute atomic E-state index is 0.0264. The zero-order valence-corrected chi connectivity index (χ0v) is 16.9. The number of hydrogen-bond acceptors (Lipinski definition) is 3. The first-order chi connectivity index (χ1) is 13.0. The third-order valence-corrected chi connectivity index (χ3v) is 5.97. The van der Waals surface area contributed by atoms with Crippen LogP contribution in [0.15, 0.2) is 24.3 Å². The second-order valence-electron chi connectivity index (χ2n) is 8.19. The molecule has 148 valence electrons. The van der Waals surface area contributed by atoms with Crippen LogP contribution in [-0.4, -0.2) is 55.3 Å². The van der Waals surface area contributed by atoms with Crippen molar-refractivity contribution in [2.45, 2.75) is 45.1 Å². The Balaban J connectivity index is 1.49. The molecule has 0 bridgehead atoms. The number of carbonyl (C=O) groups excluding carboxylic acids is 2. The van der Waals surface area contributed by atoms with Crippen LogP contribution in [0.1, 0.15) is 49.8 Å². The van der Waals surface area contributed by atoms with Crippen LogP contribution in [0.2, 0.25) is 0 Å². The highest BCUT2D eigenvalue weighted by Crippen LogP contribution is 2.32. The van der Waals surface area contributed by atoms with Crippen LogP contribution in [0.25, 0.3) is 0 Å². The van der Waals surface area contributed by atoms with Crippen molar-refractivity contribution >= 4 is 11.8 Å². The number of hydrogen-bond donors (Lipinski definition) is 1. The lowest BCUT2D eigenvalue weighted by Crippen LogP contribution is -2.44. The van der Waals surface area contributed by atoms with E-state index in [0.29, 0.717) is 12.5 Å². The first-order valence-electron chi connectivity index (χ1n) is 10.3. The molecule has 1 saturated heterocycles. The highest BCUT2D eigenvalue weighted by atomic mass is 16.2. The highest BCUT2D eigenvalue weighted by molar-refractivity contribution is 5.82. The number of benzene rings is 1. The Hall–Kier alpha value is -1.88. The Kier molecular flexibility index (Phi) is 6.53. The van der Waals surface area contributed by atoms with E-state index in [0.717, 1.165) is 45.2 Å². The van der Waals surface area contributed by atoms with Gasteiger partial charge in [0.2, 0.25) is 11.8 Å². The van der Waals surface area contributed by atoms with Crippen molar-refractivity contribution in [2.24, 2.45) is 11.8 Å². The molecule has 2 fully saturated rings. The maximum atomic E-state index is 12.6. The topological polar surface area (TPSA) is 52.7 Å². The number of carbonyl (C=O) groups is 2. The van der Waals surface area contributed by atoms with E-state index in [1.54, 1.807) is 0 Å². The fourth-order valence-corrected chi connectivity index (χ4v) is 3.87. The maximum Gasteiger partial charge on any atom is 0.225 e. The highest BCUT2D eigenvalue weighted by Gasteiger charge is 2.36. The number of amides is 2. The molecule has 5 heteroatoms. The molecule has 1 unspecified atom stereocenters. The Bertz CT molecular complexity index is 644. The smallest absolute Gasteiger partial charge is 0.225 e. The van der Waals surface area contributed by atoms with Gasteiger partial charge in [0, 0.05) is 31.5 Å². The average Bonchev–Trinajstić information content (AvgIpc) is 3.53. The molecule has 1 N–H and O–H groups in total. The standard InChI is InChI=1S/C22H33N3O2/c1-4-16-5-7-17(8-6-16)20(24(2)3)15-23-21(26)18-11-13-25(14-12-18)22(27)19-9-10-19/h5-8,18-20H,4,9-15H2,1-3H3,(H,23,26). The Morgan fingerprint density at radius 3 is 2.22 bits per heavy atom. The Morgan fingerprint density at radius 2 is 1.70 bits per heavy atom. The summed E-state index contributed by atoms with van der Waals surface area (Å²) in [7, 11) is 4.10. The van der Waals surface area contributed by atoms with E-state index in [4.69, 9.17) is 0 Å². The van der Waals surface area contributed by atoms with Gasteiger partial charge in [-0.25, -0.2) is 0 Å². The maximum absolute atomic E-state index is 12.6. The van der Waals surface area contributed by atoms with Gasteiger partial charge >= 0.3 is 0 Å². The fraction of sp³-hybridized carbons (Fsp3) is 0.636. The fourth-order valence-electron chi connectivity index (χ4n) is 3.87. The Morgan fingerprint density at radius 1 is 1.07 bits per heavy atom. The number of nitrogens with zero attached hydrogens (tertiary/aromatic N) is 2. The van der Waals surface area contributed by atoms with Gasteiger partial charge in [-0.15, -0.1) is 0 Å². The van der Waals surface area contributed by atoms with Gasteiger partial charge < -0.3 is 15.1 Å². The molecule has 3 rings (SSSR count). The molecule has 1 aromatic rings. The quantitative estimate of drug-likeness (QED) is 0.802. The molecule has 0 radical (unpaired) electrons. The molecule has 1 aliphatic heterocycles. The molecule has 0 spiro atoms. The zero-order chi connectivity index (χ0) is 19.4. The molecule has 1 atom stereocenters. The van der Waals surface area contributed by atoms with Crippen molar-refractivity contribution in [3.05, 3.63) is 35.4 Å². The molecule has 1 saturated carbocycles. The van der Waals surface area contributed by atoms with Crippen LogP contribution in [0, 0.1) is 11.8 Å². The van der Waals surface area contributed by atoms with Gasteiger partial charge in [-0.1, -0.05) is 31.2 Å². The predicted octanol–water partition coefficient (Wildman–Crippen LogP) is 2.62. The van der Waals surface area contributed by atoms with E-state index < -0.39 is 0 Å². The summed E-state index contributed by atoms with van der Waals surface area (Å²) < 4.78 is 0. The van der Waals surface area contributed by atoms with Gasteiger partial charge in [0.15, 0.2) is 0 Å². The van der Waals surface area contributed by atoms with Gasteiger partial charge in [0.05, 0.1) is 6.04 Å². The van der Waals surface area contributed by atoms with E-state index in [1.165, 1.54) is 11.1 Å². The van der Waals surface area contributed by atoms with Crippen molar-refractivity contribution in [1.82, 2.24) is 15.1 Å². The summed E-state index contributed by atoms with van der Waals surface area (Å²) in [5.74, 6) is 0.733. The molecule has 2 amide bonds. The summed E-state index contributed by atoms with van der Waals surface area (Å²) >= 11 is 0. The molecule has 0 aromatic heterocycles. The van der Waals surface area contributed by atoms with E-state index in [9.17, 15) is 9.59 Å². The summed E-state index contributed by atoms with van der Waals surface area (Å²) in [6, 6.07) is 8.83. The number of aryl methyl sites for hydroxylation is 1. The van der Waals surface area contributed by atoms with Crippen molar-refractivity contribution in [3.8, 4) is 0 Å². The van der Waals surface area contributed by atoms with Crippen LogP contribution in [0.3, 0.4) is 0 Å². The minimum Gasteiger partial charge on any atom is -0.354 e. The summed E-state index contributed by atoms with van der Waals surface area (Å²) in [5, 5.41) is 3.16. The third kappa shape index (κ3) is 5.10. The molecule has 2 aliphatic rings. The van der Waals surface area contributed by atoms with Crippen LogP contribution < -0.4 is 5.32 Å². The van der Waals surface area contributed by atoms with Crippen LogP contribution in [-0.2, 0) is 16.0 Å². The van der Waals surface area contributed by atoms with Gasteiger partial charge in [-0.3, -0.25) is 9.59 Å². The molecule has 5 nitrogen and oxygen atoms in total. The number of piperidine rings is 1. The summed E-state index contributed by atoms with van der Waals surface area (Å²) in [6.07, 6.45) is 4.69. The number of likely N-dealkylation sites (tertiary alicyclic amines) is 1. The average molecular weight is 372 g/mol. The van der Waals surface area contributed by atoms with E-state index in [2.05, 4.69) is 41.4 Å². The van der Waals surface area contributed by atoms with E-state index in [-0.39, 0.29) is 23.8 Å². The predicted molar refractivity (Wildman–Crippen MR) is 107 cm³/mol. The molecule has 27 heavy (non-hydrogen) atoms. The number of rotatable bonds is 7. The number of likely N-dealkylation sites (N-methyl/N-ethyl adjacent to an activating group) is 1.